The van der Waals surface area contributed by atoms with Gasteiger partial charge in [-0.1, -0.05) is 27.7 Å². The molecule has 0 aromatic heterocycles. The summed E-state index contributed by atoms with van der Waals surface area (Å²) in [4.78, 5) is 0. The fourth-order valence-corrected chi connectivity index (χ4v) is 1.45. The van der Waals surface area contributed by atoms with Gasteiger partial charge in [-0.3, -0.25) is 0 Å². The van der Waals surface area contributed by atoms with Gasteiger partial charge in [-0.05, 0) is 36.5 Å². The quantitative estimate of drug-likeness (QED) is 0.690. The molecular weight excluding hydrogens is 148 g/mol. The van der Waals surface area contributed by atoms with E-state index in [1.807, 2.05) is 0 Å². The van der Waals surface area contributed by atoms with Crippen molar-refractivity contribution in [1.82, 2.24) is 0 Å². The molecule has 1 atom stereocenters. The van der Waals surface area contributed by atoms with Crippen molar-refractivity contribution in [2.75, 3.05) is 0 Å². The van der Waals surface area contributed by atoms with E-state index in [1.165, 1.54) is 12.8 Å². The first-order chi connectivity index (χ1) is 5.33. The van der Waals surface area contributed by atoms with E-state index >= 15 is 0 Å². The van der Waals surface area contributed by atoms with Gasteiger partial charge >= 0.3 is 0 Å². The molecule has 1 rings (SSSR count). The van der Waals surface area contributed by atoms with E-state index in [4.69, 9.17) is 0 Å². The van der Waals surface area contributed by atoms with Gasteiger partial charge in [-0.15, -0.1) is 0 Å². The van der Waals surface area contributed by atoms with Crippen molar-refractivity contribution in [3.8, 4) is 0 Å². The summed E-state index contributed by atoms with van der Waals surface area (Å²) in [5.41, 5.74) is 0.650. The summed E-state index contributed by atoms with van der Waals surface area (Å²) >= 11 is 0. The Labute approximate surface area is 76.2 Å². The van der Waals surface area contributed by atoms with Crippen LogP contribution in [0.2, 0.25) is 0 Å². The van der Waals surface area contributed by atoms with Crippen LogP contribution in [0.25, 0.3) is 0 Å². The average Bonchev–Trinajstić information content (AvgIpc) is 2.62. The maximum atomic E-state index is 9.81. The van der Waals surface area contributed by atoms with Crippen molar-refractivity contribution >= 4 is 0 Å². The summed E-state index contributed by atoms with van der Waals surface area (Å²) < 4.78 is 0. The lowest BCUT2D eigenvalue weighted by Gasteiger charge is -2.23. The molecule has 1 aliphatic rings. The van der Waals surface area contributed by atoms with E-state index in [1.54, 1.807) is 0 Å². The van der Waals surface area contributed by atoms with Crippen LogP contribution in [-0.2, 0) is 0 Å². The molecule has 12 heavy (non-hydrogen) atoms. The Morgan fingerprint density at radius 3 is 2.17 bits per heavy atom. The van der Waals surface area contributed by atoms with Gasteiger partial charge in [-0.2, -0.15) is 0 Å². The third kappa shape index (κ3) is 2.78. The van der Waals surface area contributed by atoms with Gasteiger partial charge < -0.3 is 5.11 Å². The van der Waals surface area contributed by atoms with Gasteiger partial charge in [0.25, 0.3) is 0 Å². The second-order valence-corrected chi connectivity index (χ2v) is 5.77. The fourth-order valence-electron chi connectivity index (χ4n) is 1.45. The molecule has 0 heterocycles. The van der Waals surface area contributed by atoms with Crippen molar-refractivity contribution in [3.63, 3.8) is 0 Å². The largest absolute Gasteiger partial charge is 0.393 e. The molecule has 1 fully saturated rings. The van der Waals surface area contributed by atoms with E-state index in [2.05, 4.69) is 27.7 Å². The van der Waals surface area contributed by atoms with Crippen LogP contribution in [0.5, 0.6) is 0 Å². The van der Waals surface area contributed by atoms with Crippen molar-refractivity contribution in [2.24, 2.45) is 10.8 Å². The molecule has 0 aromatic carbocycles. The van der Waals surface area contributed by atoms with E-state index < -0.39 is 0 Å². The second kappa shape index (κ2) is 3.02. The minimum Gasteiger partial charge on any atom is -0.393 e. The van der Waals surface area contributed by atoms with Gasteiger partial charge in [-0.25, -0.2) is 0 Å². The van der Waals surface area contributed by atoms with Crippen molar-refractivity contribution < 1.29 is 5.11 Å². The summed E-state index contributed by atoms with van der Waals surface area (Å²) in [5.74, 6) is 0. The smallest absolute Gasteiger partial charge is 0.0594 e. The van der Waals surface area contributed by atoms with Crippen LogP contribution in [0.15, 0.2) is 0 Å². The van der Waals surface area contributed by atoms with Gasteiger partial charge in [0.15, 0.2) is 0 Å². The standard InChI is InChI=1S/C11H22O/c1-10(2,3)6-5-9(12)11(4)7-8-11/h9,12H,5-8H2,1-4H3. The van der Waals surface area contributed by atoms with Crippen molar-refractivity contribution in [2.45, 2.75) is 59.5 Å². The molecule has 0 spiro atoms. The molecule has 1 saturated carbocycles. The Hall–Kier alpha value is -0.0400. The molecule has 0 amide bonds. The Morgan fingerprint density at radius 2 is 1.83 bits per heavy atom. The first-order valence-corrected chi connectivity index (χ1v) is 5.02. The highest BCUT2D eigenvalue weighted by atomic mass is 16.3. The Morgan fingerprint density at radius 1 is 1.33 bits per heavy atom. The molecule has 0 saturated heterocycles. The molecule has 0 aliphatic heterocycles. The predicted molar refractivity (Wildman–Crippen MR) is 52.0 cm³/mol. The summed E-state index contributed by atoms with van der Waals surface area (Å²) in [6.45, 7) is 8.89. The Kier molecular flexibility index (Phi) is 2.53. The maximum Gasteiger partial charge on any atom is 0.0594 e. The van der Waals surface area contributed by atoms with Gasteiger partial charge in [0.1, 0.15) is 0 Å². The topological polar surface area (TPSA) is 20.2 Å². The van der Waals surface area contributed by atoms with E-state index in [0.717, 1.165) is 12.8 Å². The average molecular weight is 170 g/mol. The number of hydrogen-bond acceptors (Lipinski definition) is 1. The summed E-state index contributed by atoms with van der Waals surface area (Å²) in [6, 6.07) is 0. The van der Waals surface area contributed by atoms with Crippen LogP contribution in [-0.4, -0.2) is 11.2 Å². The zero-order valence-corrected chi connectivity index (χ0v) is 8.85. The number of aliphatic hydroxyl groups excluding tert-OH is 1. The molecule has 0 bridgehead atoms. The number of hydrogen-bond donors (Lipinski definition) is 1. The first kappa shape index (κ1) is 10.0. The van der Waals surface area contributed by atoms with E-state index in [-0.39, 0.29) is 11.5 Å². The Balaban J connectivity index is 2.23. The van der Waals surface area contributed by atoms with Gasteiger partial charge in [0.2, 0.25) is 0 Å². The first-order valence-electron chi connectivity index (χ1n) is 5.02. The third-order valence-electron chi connectivity index (χ3n) is 3.01. The molecule has 1 nitrogen and oxygen atoms in total. The van der Waals surface area contributed by atoms with Crippen LogP contribution in [0.4, 0.5) is 0 Å². The molecule has 1 heteroatoms. The van der Waals surface area contributed by atoms with Crippen LogP contribution in [0.3, 0.4) is 0 Å². The predicted octanol–water partition coefficient (Wildman–Crippen LogP) is 2.97. The van der Waals surface area contributed by atoms with Crippen LogP contribution < -0.4 is 0 Å². The normalized spacial score (nSPS) is 23.8. The lowest BCUT2D eigenvalue weighted by Crippen LogP contribution is -2.21. The Bertz CT molecular complexity index is 151. The molecular formula is C11H22O. The maximum absolute atomic E-state index is 9.81. The SMILES string of the molecule is CC(C)(C)CCC(O)C1(C)CC1. The molecule has 1 aliphatic carbocycles. The lowest BCUT2D eigenvalue weighted by molar-refractivity contribution is 0.0816. The lowest BCUT2D eigenvalue weighted by atomic mass is 9.86. The molecule has 0 aromatic rings. The summed E-state index contributed by atoms with van der Waals surface area (Å²) in [5, 5.41) is 9.81. The summed E-state index contributed by atoms with van der Waals surface area (Å²) in [6.07, 6.45) is 4.48. The highest BCUT2D eigenvalue weighted by Gasteiger charge is 2.43. The molecule has 1 N–H and O–H groups in total. The zero-order valence-electron chi connectivity index (χ0n) is 8.85. The van der Waals surface area contributed by atoms with Crippen molar-refractivity contribution in [3.05, 3.63) is 0 Å². The number of aliphatic hydroxyl groups is 1. The van der Waals surface area contributed by atoms with Crippen molar-refractivity contribution in [1.29, 1.82) is 0 Å². The minimum atomic E-state index is -0.0586. The van der Waals surface area contributed by atoms with Crippen LogP contribution in [0, 0.1) is 10.8 Å². The fraction of sp³-hybridized carbons (Fsp3) is 1.00. The second-order valence-electron chi connectivity index (χ2n) is 5.77. The van der Waals surface area contributed by atoms with Gasteiger partial charge in [0.05, 0.1) is 6.10 Å². The highest BCUT2D eigenvalue weighted by molar-refractivity contribution is 4.94. The zero-order chi connectivity index (χ0) is 9.41. The minimum absolute atomic E-state index is 0.0586. The molecule has 1 unspecified atom stereocenters. The molecule has 72 valence electrons. The van der Waals surface area contributed by atoms with Crippen LogP contribution >= 0.6 is 0 Å². The monoisotopic (exact) mass is 170 g/mol. The van der Waals surface area contributed by atoms with Gasteiger partial charge in [0, 0.05) is 0 Å². The van der Waals surface area contributed by atoms with Crippen LogP contribution in [0.1, 0.15) is 53.4 Å². The highest BCUT2D eigenvalue weighted by Crippen LogP contribution is 2.49. The molecule has 0 radical (unpaired) electrons. The summed E-state index contributed by atoms with van der Waals surface area (Å²) in [7, 11) is 0. The van der Waals surface area contributed by atoms with E-state index in [0.29, 0.717) is 5.41 Å². The third-order valence-corrected chi connectivity index (χ3v) is 3.01. The number of rotatable bonds is 3. The van der Waals surface area contributed by atoms with E-state index in [9.17, 15) is 5.11 Å².